The monoisotopic (exact) mass is 867 g/mol. The molecule has 61 heavy (non-hydrogen) atoms. The van der Waals surface area contributed by atoms with Crippen molar-refractivity contribution in [1.82, 2.24) is 19.9 Å². The number of likely N-dealkylation sites (N-methyl/N-ethyl adjacent to an activating group) is 1. The van der Waals surface area contributed by atoms with E-state index < -0.39 is 97.0 Å². The average Bonchev–Trinajstić information content (AvgIpc) is 3.70. The number of nitrogens with zero attached hydrogens (tertiary/aromatic N) is 4. The van der Waals surface area contributed by atoms with Crippen LogP contribution in [-0.4, -0.2) is 161 Å². The van der Waals surface area contributed by atoms with Gasteiger partial charge in [0.25, 0.3) is 0 Å². The number of rotatable bonds is 13. The molecule has 0 aromatic carbocycles. The second kappa shape index (κ2) is 22.8. The number of methoxy groups -OCH3 is 2. The molecule has 0 saturated carbocycles. The summed E-state index contributed by atoms with van der Waals surface area (Å²) in [7, 11) is 6.53. The van der Waals surface area contributed by atoms with E-state index in [1.165, 1.54) is 14.2 Å². The predicted molar refractivity (Wildman–Crippen MR) is 224 cm³/mol. The van der Waals surface area contributed by atoms with E-state index in [2.05, 4.69) is 10.3 Å². The second-order valence-corrected chi connectivity index (χ2v) is 18.1. The summed E-state index contributed by atoms with van der Waals surface area (Å²) in [4.78, 5) is 29.4. The molecule has 0 radical (unpaired) electrons. The Bertz CT molecular complexity index is 1600. The molecule has 4 N–H and O–H groups in total. The van der Waals surface area contributed by atoms with Gasteiger partial charge >= 0.3 is 5.97 Å². The Labute approximate surface area is 361 Å². The van der Waals surface area contributed by atoms with Gasteiger partial charge in [-0.15, -0.1) is 5.10 Å². The van der Waals surface area contributed by atoms with Crippen molar-refractivity contribution in [1.29, 1.82) is 0 Å². The van der Waals surface area contributed by atoms with Crippen LogP contribution in [0.4, 0.5) is 0 Å². The minimum Gasteiger partial charge on any atom is -0.462 e. The van der Waals surface area contributed by atoms with Gasteiger partial charge in [-0.25, -0.2) is 0 Å². The third-order valence-electron chi connectivity index (χ3n) is 12.5. The number of carbonyl (C=O) groups is 2. The first-order valence-corrected chi connectivity index (χ1v) is 21.8. The maximum atomic E-state index is 13.9. The number of hydrogen-bond donors (Lipinski definition) is 4. The lowest BCUT2D eigenvalue weighted by Gasteiger charge is -2.46. The van der Waals surface area contributed by atoms with Gasteiger partial charge in [-0.2, -0.15) is 0 Å². The Kier molecular flexibility index (Phi) is 19.0. The molecule has 3 aliphatic rings. The summed E-state index contributed by atoms with van der Waals surface area (Å²) in [6.45, 7) is 14.8. The van der Waals surface area contributed by atoms with Crippen LogP contribution in [0, 0.1) is 23.7 Å². The molecular formula is C44H74N4O13. The van der Waals surface area contributed by atoms with Gasteiger partial charge in [0.1, 0.15) is 41.8 Å². The molecule has 0 spiro atoms. The number of ether oxygens (including phenoxy) is 7. The van der Waals surface area contributed by atoms with Crippen LogP contribution in [0.5, 0.6) is 0 Å². The molecule has 1 aromatic rings. The zero-order valence-corrected chi connectivity index (χ0v) is 38.2. The molecule has 3 aliphatic heterocycles. The maximum Gasteiger partial charge on any atom is 0.306 e. The number of aliphatic hydroxyl groups excluding tert-OH is 3. The van der Waals surface area contributed by atoms with Crippen LogP contribution in [0.15, 0.2) is 30.0 Å². The van der Waals surface area contributed by atoms with Crippen molar-refractivity contribution in [2.75, 3.05) is 34.9 Å². The van der Waals surface area contributed by atoms with Gasteiger partial charge in [0, 0.05) is 39.0 Å². The molecule has 8 unspecified atom stereocenters. The average molecular weight is 867 g/mol. The molecule has 2 fully saturated rings. The normalized spacial score (nSPS) is 39.1. The van der Waals surface area contributed by atoms with E-state index >= 15 is 0 Å². The van der Waals surface area contributed by atoms with Crippen LogP contribution in [0.3, 0.4) is 0 Å². The van der Waals surface area contributed by atoms with Gasteiger partial charge in [-0.3, -0.25) is 14.3 Å². The lowest BCUT2D eigenvalue weighted by Crippen LogP contribution is -2.63. The number of aryl methyl sites for hydroxylation is 1. The van der Waals surface area contributed by atoms with E-state index in [1.54, 1.807) is 69.7 Å². The van der Waals surface area contributed by atoms with E-state index in [9.17, 15) is 30.0 Å². The van der Waals surface area contributed by atoms with E-state index in [0.29, 0.717) is 37.9 Å². The van der Waals surface area contributed by atoms with Crippen molar-refractivity contribution >= 4 is 11.8 Å². The van der Waals surface area contributed by atoms with Crippen molar-refractivity contribution in [2.24, 2.45) is 23.7 Å². The number of hydrogen-bond acceptors (Lipinski definition) is 16. The highest BCUT2D eigenvalue weighted by molar-refractivity contribution is 5.91. The van der Waals surface area contributed by atoms with E-state index in [0.717, 1.165) is 5.57 Å². The fourth-order valence-electron chi connectivity index (χ4n) is 8.66. The number of carbonyl (C=O) groups excluding carboxylic acids is 2. The Morgan fingerprint density at radius 1 is 0.934 bits per heavy atom. The van der Waals surface area contributed by atoms with Gasteiger partial charge in [-0.1, -0.05) is 43.7 Å². The Hall–Kier alpha value is -2.68. The Morgan fingerprint density at radius 3 is 2.20 bits per heavy atom. The molecule has 348 valence electrons. The highest BCUT2D eigenvalue weighted by atomic mass is 16.7. The van der Waals surface area contributed by atoms with E-state index in [1.807, 2.05) is 33.8 Å². The lowest BCUT2D eigenvalue weighted by molar-refractivity contribution is -0.304. The SMILES string of the molecule is CC[C@H]1OC(=O)CC[C@H](C)[C@@H](O[C@@H]2O[C@H](C)C(O)C(N(C)C)C2O)[C@@H](CCn2cc(C(C)(C)O)nn2)C[C@@H](C)C(=O)/C=C/C(C)=C/[C@@H]1COC1OC(C)C(O)C(OC)C1OC. The molecule has 0 bridgehead atoms. The second-order valence-electron chi connectivity index (χ2n) is 18.1. The van der Waals surface area contributed by atoms with Crippen LogP contribution in [0.2, 0.25) is 0 Å². The minimum atomic E-state index is -1.21. The molecule has 17 heteroatoms. The summed E-state index contributed by atoms with van der Waals surface area (Å²) in [5.74, 6) is -2.01. The Balaban J connectivity index is 1.67. The quantitative estimate of drug-likeness (QED) is 0.210. The number of esters is 1. The number of ketones is 1. The fourth-order valence-corrected chi connectivity index (χ4v) is 8.66. The summed E-state index contributed by atoms with van der Waals surface area (Å²) in [6, 6.07) is -0.676. The van der Waals surface area contributed by atoms with Crippen LogP contribution in [0.1, 0.15) is 93.2 Å². The van der Waals surface area contributed by atoms with Gasteiger partial charge in [0.15, 0.2) is 18.4 Å². The summed E-state index contributed by atoms with van der Waals surface area (Å²) in [5, 5.41) is 52.2. The van der Waals surface area contributed by atoms with Gasteiger partial charge in [0.05, 0.1) is 43.3 Å². The zero-order valence-electron chi connectivity index (χ0n) is 38.2. The third kappa shape index (κ3) is 13.4. The van der Waals surface area contributed by atoms with Crippen molar-refractivity contribution < 1.29 is 63.2 Å². The smallest absolute Gasteiger partial charge is 0.306 e. The molecule has 16 atom stereocenters. The molecule has 4 rings (SSSR count). The highest BCUT2D eigenvalue weighted by Crippen LogP contribution is 2.35. The standard InChI is InChI=1S/C44H74N4O13/c1-13-32-30(23-57-43-41(56-12)40(55-11)37(52)28(6)59-43)20-24(2)14-16-31(49)26(4)21-29(18-19-48-22-33(45-46-48)44(7,8)54)39(25(3)15-17-34(50)60-32)61-42-38(53)35(47(9)10)36(51)27(5)58-42/h14,16,20,22,25-30,32,35-43,51-54H,13,15,17-19,21,23H2,1-12H3/b16-14+,24-20+/t25-,26+,27+,28?,29-,30+,32+,35?,36?,37?,38?,39+,40?,41?,42-,43?/m0/s1. The number of allylic oxidation sites excluding steroid dienone is 3. The first kappa shape index (κ1) is 51.0. The molecule has 1 aromatic heterocycles. The van der Waals surface area contributed by atoms with Crippen molar-refractivity contribution in [3.8, 4) is 0 Å². The van der Waals surface area contributed by atoms with E-state index in [4.69, 9.17) is 33.2 Å². The first-order valence-electron chi connectivity index (χ1n) is 21.8. The summed E-state index contributed by atoms with van der Waals surface area (Å²) < 4.78 is 44.3. The molecule has 2 saturated heterocycles. The molecule has 0 amide bonds. The number of aromatic nitrogens is 3. The number of aliphatic hydroxyl groups is 4. The van der Waals surface area contributed by atoms with Gasteiger partial charge < -0.3 is 58.5 Å². The summed E-state index contributed by atoms with van der Waals surface area (Å²) >= 11 is 0. The maximum absolute atomic E-state index is 13.9. The molecule has 17 nitrogen and oxygen atoms in total. The predicted octanol–water partition coefficient (Wildman–Crippen LogP) is 2.91. The molecule has 0 aliphatic carbocycles. The van der Waals surface area contributed by atoms with Crippen LogP contribution < -0.4 is 0 Å². The first-order chi connectivity index (χ1) is 28.7. The summed E-state index contributed by atoms with van der Waals surface area (Å²) in [6.07, 6.45) is -0.321. The largest absolute Gasteiger partial charge is 0.462 e. The van der Waals surface area contributed by atoms with Crippen molar-refractivity contribution in [3.63, 3.8) is 0 Å². The number of cyclic esters (lactones) is 1. The minimum absolute atomic E-state index is 0.0544. The molecular weight excluding hydrogens is 792 g/mol. The third-order valence-corrected chi connectivity index (χ3v) is 12.5. The topological polar surface area (TPSA) is 214 Å². The highest BCUT2D eigenvalue weighted by Gasteiger charge is 2.47. The summed E-state index contributed by atoms with van der Waals surface area (Å²) in [5.41, 5.74) is -0.0128. The van der Waals surface area contributed by atoms with Gasteiger partial charge in [-0.05, 0) is 92.3 Å². The fraction of sp³-hybridized carbons (Fsp3) is 0.818. The molecule has 4 heterocycles. The van der Waals surface area contributed by atoms with Gasteiger partial charge in [0.2, 0.25) is 0 Å². The zero-order chi connectivity index (χ0) is 45.3. The van der Waals surface area contributed by atoms with Crippen molar-refractivity contribution in [3.05, 3.63) is 35.7 Å². The van der Waals surface area contributed by atoms with E-state index in [-0.39, 0.29) is 30.6 Å². The van der Waals surface area contributed by atoms with Crippen molar-refractivity contribution in [2.45, 2.75) is 173 Å². The van der Waals surface area contributed by atoms with Crippen LogP contribution in [-0.2, 0) is 54.9 Å². The Morgan fingerprint density at radius 2 is 1.59 bits per heavy atom. The lowest BCUT2D eigenvalue weighted by atomic mass is 9.80. The van der Waals surface area contributed by atoms with Crippen LogP contribution >= 0.6 is 0 Å². The van der Waals surface area contributed by atoms with Crippen LogP contribution in [0.25, 0.3) is 0 Å².